The van der Waals surface area contributed by atoms with E-state index in [4.69, 9.17) is 15.2 Å². The summed E-state index contributed by atoms with van der Waals surface area (Å²) >= 11 is 0. The maximum atomic E-state index is 11.8. The highest BCUT2D eigenvalue weighted by atomic mass is 16.5. The van der Waals surface area contributed by atoms with Crippen LogP contribution in [0.4, 0.5) is 28.7 Å². The molecule has 1 aromatic heterocycles. The van der Waals surface area contributed by atoms with Crippen LogP contribution in [0.2, 0.25) is 0 Å². The van der Waals surface area contributed by atoms with Gasteiger partial charge >= 0.3 is 5.97 Å². The summed E-state index contributed by atoms with van der Waals surface area (Å²) in [6, 6.07) is 14.4. The van der Waals surface area contributed by atoms with E-state index in [1.54, 1.807) is 31.2 Å². The fourth-order valence-electron chi connectivity index (χ4n) is 2.61. The van der Waals surface area contributed by atoms with Crippen LogP contribution >= 0.6 is 0 Å². The zero-order valence-electron chi connectivity index (χ0n) is 16.3. The van der Waals surface area contributed by atoms with Crippen molar-refractivity contribution in [2.75, 3.05) is 29.6 Å². The van der Waals surface area contributed by atoms with Crippen LogP contribution in [-0.2, 0) is 4.74 Å². The highest BCUT2D eigenvalue weighted by Crippen LogP contribution is 2.32. The third kappa shape index (κ3) is 4.92. The lowest BCUT2D eigenvalue weighted by molar-refractivity contribution is 0.0526. The molecule has 0 spiro atoms. The van der Waals surface area contributed by atoms with Crippen LogP contribution in [0.15, 0.2) is 54.9 Å². The van der Waals surface area contributed by atoms with Gasteiger partial charge in [0.15, 0.2) is 11.6 Å². The number of nitrogens with two attached hydrogens (primary N) is 1. The molecule has 4 N–H and O–H groups in total. The smallest absolute Gasteiger partial charge is 0.338 e. The van der Waals surface area contributed by atoms with Gasteiger partial charge in [-0.1, -0.05) is 12.1 Å². The molecule has 0 aliphatic heterocycles. The summed E-state index contributed by atoms with van der Waals surface area (Å²) in [5.41, 5.74) is 8.57. The molecule has 150 valence electrons. The van der Waals surface area contributed by atoms with E-state index in [1.807, 2.05) is 31.2 Å². The van der Waals surface area contributed by atoms with Gasteiger partial charge in [-0.25, -0.2) is 14.8 Å². The van der Waals surface area contributed by atoms with Crippen molar-refractivity contribution in [2.24, 2.45) is 0 Å². The molecule has 0 bridgehead atoms. The number of carbonyl (C=O) groups excluding carboxylic acids is 1. The summed E-state index contributed by atoms with van der Waals surface area (Å²) in [6.07, 6.45) is 1.41. The fraction of sp³-hybridized carbons (Fsp3) is 0.190. The van der Waals surface area contributed by atoms with Crippen molar-refractivity contribution in [3.8, 4) is 5.75 Å². The quantitative estimate of drug-likeness (QED) is 0.490. The van der Waals surface area contributed by atoms with Crippen molar-refractivity contribution in [1.29, 1.82) is 0 Å². The molecule has 0 atom stereocenters. The molecular weight excluding hydrogens is 370 g/mol. The summed E-state index contributed by atoms with van der Waals surface area (Å²) in [6.45, 7) is 4.57. The number of anilines is 5. The van der Waals surface area contributed by atoms with Gasteiger partial charge in [0, 0.05) is 5.69 Å². The van der Waals surface area contributed by atoms with Crippen molar-refractivity contribution < 1.29 is 14.3 Å². The zero-order valence-corrected chi connectivity index (χ0v) is 16.3. The van der Waals surface area contributed by atoms with Gasteiger partial charge in [-0.2, -0.15) is 0 Å². The summed E-state index contributed by atoms with van der Waals surface area (Å²) in [7, 11) is 0. The minimum absolute atomic E-state index is 0.332. The summed E-state index contributed by atoms with van der Waals surface area (Å²) < 4.78 is 10.6. The normalized spacial score (nSPS) is 10.3. The highest BCUT2D eigenvalue weighted by Gasteiger charge is 2.12. The Balaban J connectivity index is 1.78. The minimum atomic E-state index is -0.361. The van der Waals surface area contributed by atoms with Crippen LogP contribution in [0.25, 0.3) is 0 Å². The molecule has 29 heavy (non-hydrogen) atoms. The number of nitrogen functional groups attached to an aromatic ring is 1. The number of benzene rings is 2. The van der Waals surface area contributed by atoms with Crippen molar-refractivity contribution in [2.45, 2.75) is 13.8 Å². The summed E-state index contributed by atoms with van der Waals surface area (Å²) in [4.78, 5) is 20.2. The molecule has 2 aromatic carbocycles. The first kappa shape index (κ1) is 19.9. The van der Waals surface area contributed by atoms with Crippen molar-refractivity contribution in [1.82, 2.24) is 9.97 Å². The average molecular weight is 393 g/mol. The van der Waals surface area contributed by atoms with E-state index in [9.17, 15) is 4.79 Å². The zero-order chi connectivity index (χ0) is 20.6. The number of hydrogen-bond acceptors (Lipinski definition) is 8. The Labute approximate surface area is 169 Å². The van der Waals surface area contributed by atoms with Gasteiger partial charge < -0.3 is 25.8 Å². The fourth-order valence-corrected chi connectivity index (χ4v) is 2.61. The van der Waals surface area contributed by atoms with Gasteiger partial charge in [-0.05, 0) is 50.2 Å². The van der Waals surface area contributed by atoms with E-state index in [-0.39, 0.29) is 5.97 Å². The Morgan fingerprint density at radius 1 is 0.966 bits per heavy atom. The minimum Gasteiger partial charge on any atom is -0.492 e. The average Bonchev–Trinajstić information content (AvgIpc) is 2.73. The Hall–Kier alpha value is -3.81. The Morgan fingerprint density at radius 2 is 1.66 bits per heavy atom. The topological polar surface area (TPSA) is 111 Å². The second-order valence-electron chi connectivity index (χ2n) is 5.96. The van der Waals surface area contributed by atoms with Crippen molar-refractivity contribution in [3.05, 3.63) is 60.4 Å². The molecule has 0 aliphatic rings. The van der Waals surface area contributed by atoms with Crippen molar-refractivity contribution >= 4 is 34.7 Å². The predicted octanol–water partition coefficient (Wildman–Crippen LogP) is 4.12. The van der Waals surface area contributed by atoms with E-state index < -0.39 is 0 Å². The second-order valence-corrected chi connectivity index (χ2v) is 5.96. The van der Waals surface area contributed by atoms with E-state index in [0.29, 0.717) is 41.8 Å². The van der Waals surface area contributed by atoms with Crippen LogP contribution in [0.5, 0.6) is 5.75 Å². The molecule has 8 heteroatoms. The molecule has 0 fully saturated rings. The standard InChI is InChI=1S/C21H23N5O3/c1-3-28-17-8-6-5-7-16(17)26-20-18(22)19(23-13-24-20)25-15-11-9-14(10-12-15)21(27)29-4-2/h5-13H,3-4,22H2,1-2H3,(H2,23,24,25,26). The number of rotatable bonds is 8. The Morgan fingerprint density at radius 3 is 2.34 bits per heavy atom. The number of ether oxygens (including phenoxy) is 2. The number of hydrogen-bond donors (Lipinski definition) is 3. The van der Waals surface area contributed by atoms with Crippen LogP contribution in [0.3, 0.4) is 0 Å². The molecule has 3 rings (SSSR count). The SMILES string of the molecule is CCOC(=O)c1ccc(Nc2ncnc(Nc3ccccc3OCC)c2N)cc1. The third-order valence-corrected chi connectivity index (χ3v) is 3.98. The van der Waals surface area contributed by atoms with Crippen LogP contribution in [-0.4, -0.2) is 29.2 Å². The first-order valence-corrected chi connectivity index (χ1v) is 9.25. The van der Waals surface area contributed by atoms with Gasteiger partial charge in [0.05, 0.1) is 24.5 Å². The second kappa shape index (κ2) is 9.41. The van der Waals surface area contributed by atoms with Crippen LogP contribution < -0.4 is 21.1 Å². The van der Waals surface area contributed by atoms with Gasteiger partial charge in [0.1, 0.15) is 17.8 Å². The molecule has 0 amide bonds. The molecule has 3 aromatic rings. The molecule has 0 aliphatic carbocycles. The summed E-state index contributed by atoms with van der Waals surface area (Å²) in [5, 5.41) is 6.32. The molecule has 0 saturated heterocycles. The number of nitrogens with zero attached hydrogens (tertiary/aromatic N) is 2. The van der Waals surface area contributed by atoms with Gasteiger partial charge in [0.2, 0.25) is 0 Å². The van der Waals surface area contributed by atoms with Crippen LogP contribution in [0, 0.1) is 0 Å². The van der Waals surface area contributed by atoms with E-state index in [0.717, 1.165) is 11.4 Å². The first-order valence-electron chi connectivity index (χ1n) is 9.25. The molecule has 1 heterocycles. The predicted molar refractivity (Wildman–Crippen MR) is 113 cm³/mol. The Kier molecular flexibility index (Phi) is 6.47. The van der Waals surface area contributed by atoms with Crippen molar-refractivity contribution in [3.63, 3.8) is 0 Å². The summed E-state index contributed by atoms with van der Waals surface area (Å²) in [5.74, 6) is 1.25. The lowest BCUT2D eigenvalue weighted by Gasteiger charge is -2.15. The lowest BCUT2D eigenvalue weighted by atomic mass is 10.2. The van der Waals surface area contributed by atoms with E-state index in [2.05, 4.69) is 20.6 Å². The van der Waals surface area contributed by atoms with E-state index in [1.165, 1.54) is 6.33 Å². The molecule has 0 unspecified atom stereocenters. The number of esters is 1. The maximum absolute atomic E-state index is 11.8. The number of nitrogens with one attached hydrogen (secondary N) is 2. The third-order valence-electron chi connectivity index (χ3n) is 3.98. The van der Waals surface area contributed by atoms with Gasteiger partial charge in [-0.15, -0.1) is 0 Å². The van der Waals surface area contributed by atoms with Gasteiger partial charge in [-0.3, -0.25) is 0 Å². The maximum Gasteiger partial charge on any atom is 0.338 e. The Bertz CT molecular complexity index is 976. The highest BCUT2D eigenvalue weighted by molar-refractivity contribution is 5.90. The first-order chi connectivity index (χ1) is 14.1. The van der Waals surface area contributed by atoms with Gasteiger partial charge in [0.25, 0.3) is 0 Å². The monoisotopic (exact) mass is 393 g/mol. The lowest BCUT2D eigenvalue weighted by Crippen LogP contribution is -2.07. The largest absolute Gasteiger partial charge is 0.492 e. The number of carbonyl (C=O) groups is 1. The molecular formula is C21H23N5O3. The molecule has 0 saturated carbocycles. The number of aromatic nitrogens is 2. The van der Waals surface area contributed by atoms with E-state index >= 15 is 0 Å². The molecule has 0 radical (unpaired) electrons. The van der Waals surface area contributed by atoms with Crippen LogP contribution in [0.1, 0.15) is 24.2 Å². The molecule has 8 nitrogen and oxygen atoms in total. The number of para-hydroxylation sites is 2.